The highest BCUT2D eigenvalue weighted by Crippen LogP contribution is 2.31. The number of rotatable bonds is 1. The van der Waals surface area contributed by atoms with Gasteiger partial charge in [-0.1, -0.05) is 23.2 Å². The van der Waals surface area contributed by atoms with Gasteiger partial charge in [-0.3, -0.25) is 0 Å². The molecule has 88 valence electrons. The third kappa shape index (κ3) is 3.03. The molecule has 0 fully saturated rings. The lowest BCUT2D eigenvalue weighted by Gasteiger charge is -2.20. The molecule has 0 aliphatic rings. The third-order valence-corrected chi connectivity index (χ3v) is 2.48. The van der Waals surface area contributed by atoms with Crippen molar-refractivity contribution in [1.29, 1.82) is 0 Å². The Balaban J connectivity index is 3.06. The molecular formula is C11H13Cl2NO2. The SMILES string of the molecule is CC(C)(C)OC(=O)c1ccc(Cl)c(N)c1Cl. The average molecular weight is 262 g/mol. The highest BCUT2D eigenvalue weighted by Gasteiger charge is 2.21. The molecule has 0 heterocycles. The summed E-state index contributed by atoms with van der Waals surface area (Å²) in [6.07, 6.45) is 0. The number of hydrogen-bond donors (Lipinski definition) is 1. The van der Waals surface area contributed by atoms with Crippen LogP contribution in [0.15, 0.2) is 12.1 Å². The molecule has 1 aromatic carbocycles. The summed E-state index contributed by atoms with van der Waals surface area (Å²) in [4.78, 5) is 11.7. The maximum Gasteiger partial charge on any atom is 0.340 e. The van der Waals surface area contributed by atoms with Gasteiger partial charge in [-0.15, -0.1) is 0 Å². The first-order chi connectivity index (χ1) is 7.22. The number of anilines is 1. The molecule has 0 radical (unpaired) electrons. The monoisotopic (exact) mass is 261 g/mol. The molecule has 1 rings (SSSR count). The van der Waals surface area contributed by atoms with Gasteiger partial charge in [0.15, 0.2) is 0 Å². The number of ether oxygens (including phenoxy) is 1. The summed E-state index contributed by atoms with van der Waals surface area (Å²) in [5, 5.41) is 0.444. The summed E-state index contributed by atoms with van der Waals surface area (Å²) in [6, 6.07) is 3.01. The molecular weight excluding hydrogens is 249 g/mol. The van der Waals surface area contributed by atoms with E-state index in [1.165, 1.54) is 12.1 Å². The van der Waals surface area contributed by atoms with E-state index in [1.807, 2.05) is 0 Å². The number of nitrogen functional groups attached to an aromatic ring is 1. The number of esters is 1. The highest BCUT2D eigenvalue weighted by atomic mass is 35.5. The van der Waals surface area contributed by atoms with Crippen LogP contribution in [0.3, 0.4) is 0 Å². The molecule has 2 N–H and O–H groups in total. The van der Waals surface area contributed by atoms with Crippen molar-refractivity contribution < 1.29 is 9.53 Å². The molecule has 0 aliphatic carbocycles. The minimum Gasteiger partial charge on any atom is -0.456 e. The van der Waals surface area contributed by atoms with Crippen LogP contribution in [0, 0.1) is 0 Å². The molecule has 5 heteroatoms. The molecule has 1 aromatic rings. The second-order valence-electron chi connectivity index (χ2n) is 4.32. The van der Waals surface area contributed by atoms with Gasteiger partial charge < -0.3 is 10.5 Å². The van der Waals surface area contributed by atoms with Crippen LogP contribution in [0.2, 0.25) is 10.0 Å². The van der Waals surface area contributed by atoms with Gasteiger partial charge in [0.25, 0.3) is 0 Å². The van der Waals surface area contributed by atoms with Crippen LogP contribution in [-0.4, -0.2) is 11.6 Å². The predicted molar refractivity (Wildman–Crippen MR) is 66.0 cm³/mol. The van der Waals surface area contributed by atoms with Crippen LogP contribution in [0.1, 0.15) is 31.1 Å². The predicted octanol–water partition coefficient (Wildman–Crippen LogP) is 3.53. The lowest BCUT2D eigenvalue weighted by Crippen LogP contribution is -2.24. The van der Waals surface area contributed by atoms with Gasteiger partial charge in [-0.25, -0.2) is 4.79 Å². The van der Waals surface area contributed by atoms with Gasteiger partial charge in [0.2, 0.25) is 0 Å². The van der Waals surface area contributed by atoms with Crippen LogP contribution in [-0.2, 0) is 4.74 Å². The zero-order chi connectivity index (χ0) is 12.5. The number of benzene rings is 1. The molecule has 0 unspecified atom stereocenters. The summed E-state index contributed by atoms with van der Waals surface area (Å²) in [5.41, 5.74) is 5.45. The van der Waals surface area contributed by atoms with Gasteiger partial charge >= 0.3 is 5.97 Å². The maximum absolute atomic E-state index is 11.7. The Morgan fingerprint density at radius 3 is 2.38 bits per heavy atom. The summed E-state index contributed by atoms with van der Waals surface area (Å²) in [6.45, 7) is 5.33. The van der Waals surface area contributed by atoms with Crippen molar-refractivity contribution in [2.75, 3.05) is 5.73 Å². The van der Waals surface area contributed by atoms with Crippen molar-refractivity contribution in [3.05, 3.63) is 27.7 Å². The number of halogens is 2. The molecule has 0 saturated carbocycles. The van der Waals surface area contributed by atoms with E-state index in [4.69, 9.17) is 33.7 Å². The Labute approximate surface area is 104 Å². The molecule has 0 amide bonds. The molecule has 0 aromatic heterocycles. The van der Waals surface area contributed by atoms with E-state index in [2.05, 4.69) is 0 Å². The van der Waals surface area contributed by atoms with Gasteiger partial charge in [-0.05, 0) is 32.9 Å². The zero-order valence-corrected chi connectivity index (χ0v) is 10.8. The van der Waals surface area contributed by atoms with Crippen molar-refractivity contribution in [2.45, 2.75) is 26.4 Å². The molecule has 0 atom stereocenters. The molecule has 0 saturated heterocycles. The van der Waals surface area contributed by atoms with Crippen LogP contribution >= 0.6 is 23.2 Å². The van der Waals surface area contributed by atoms with E-state index in [9.17, 15) is 4.79 Å². The lowest BCUT2D eigenvalue weighted by molar-refractivity contribution is 0.00698. The molecule has 0 spiro atoms. The Morgan fingerprint density at radius 2 is 1.88 bits per heavy atom. The second kappa shape index (κ2) is 4.52. The van der Waals surface area contributed by atoms with E-state index >= 15 is 0 Å². The Morgan fingerprint density at radius 1 is 1.31 bits per heavy atom. The van der Waals surface area contributed by atoms with Gasteiger partial charge in [-0.2, -0.15) is 0 Å². The highest BCUT2D eigenvalue weighted by molar-refractivity contribution is 6.40. The third-order valence-electron chi connectivity index (χ3n) is 1.75. The fourth-order valence-electron chi connectivity index (χ4n) is 1.06. The first-order valence-corrected chi connectivity index (χ1v) is 5.45. The summed E-state index contributed by atoms with van der Waals surface area (Å²) >= 11 is 11.7. The van der Waals surface area contributed by atoms with E-state index in [-0.39, 0.29) is 16.3 Å². The first-order valence-electron chi connectivity index (χ1n) is 4.69. The van der Waals surface area contributed by atoms with Crippen molar-refractivity contribution in [3.8, 4) is 0 Å². The van der Waals surface area contributed by atoms with Crippen LogP contribution in [0.25, 0.3) is 0 Å². The van der Waals surface area contributed by atoms with E-state index in [0.29, 0.717) is 5.02 Å². The molecule has 16 heavy (non-hydrogen) atoms. The fraction of sp³-hybridized carbons (Fsp3) is 0.364. The quantitative estimate of drug-likeness (QED) is 0.622. The zero-order valence-electron chi connectivity index (χ0n) is 9.30. The largest absolute Gasteiger partial charge is 0.456 e. The number of nitrogens with two attached hydrogens (primary N) is 1. The Bertz CT molecular complexity index is 425. The van der Waals surface area contributed by atoms with Crippen LogP contribution < -0.4 is 5.73 Å². The van der Waals surface area contributed by atoms with E-state index < -0.39 is 11.6 Å². The minimum absolute atomic E-state index is 0.127. The summed E-state index contributed by atoms with van der Waals surface area (Å²) < 4.78 is 5.18. The topological polar surface area (TPSA) is 52.3 Å². The molecule has 0 aliphatic heterocycles. The van der Waals surface area contributed by atoms with Crippen LogP contribution in [0.5, 0.6) is 0 Å². The fourth-order valence-corrected chi connectivity index (χ4v) is 1.51. The average Bonchev–Trinajstić information content (AvgIpc) is 2.11. The first kappa shape index (κ1) is 13.1. The maximum atomic E-state index is 11.7. The van der Waals surface area contributed by atoms with Gasteiger partial charge in [0, 0.05) is 0 Å². The standard InChI is InChI=1S/C11H13Cl2NO2/c1-11(2,3)16-10(15)6-4-5-7(12)9(14)8(6)13/h4-5H,14H2,1-3H3. The van der Waals surface area contributed by atoms with Crippen molar-refractivity contribution in [2.24, 2.45) is 0 Å². The summed E-state index contributed by atoms with van der Waals surface area (Å²) in [7, 11) is 0. The van der Waals surface area contributed by atoms with Crippen molar-refractivity contribution in [3.63, 3.8) is 0 Å². The van der Waals surface area contributed by atoms with Crippen molar-refractivity contribution in [1.82, 2.24) is 0 Å². The normalized spacial score (nSPS) is 11.3. The van der Waals surface area contributed by atoms with E-state index in [0.717, 1.165) is 0 Å². The van der Waals surface area contributed by atoms with E-state index in [1.54, 1.807) is 20.8 Å². The minimum atomic E-state index is -0.575. The molecule has 0 bridgehead atoms. The van der Waals surface area contributed by atoms with Crippen LogP contribution in [0.4, 0.5) is 5.69 Å². The Kier molecular flexibility index (Phi) is 3.71. The summed E-state index contributed by atoms with van der Waals surface area (Å²) in [5.74, 6) is -0.513. The smallest absolute Gasteiger partial charge is 0.340 e. The molecule has 3 nitrogen and oxygen atoms in total. The number of carbonyl (C=O) groups is 1. The number of hydrogen-bond acceptors (Lipinski definition) is 3. The lowest BCUT2D eigenvalue weighted by atomic mass is 10.1. The van der Waals surface area contributed by atoms with Gasteiger partial charge in [0.1, 0.15) is 5.60 Å². The Hall–Kier alpha value is -0.930. The van der Waals surface area contributed by atoms with Crippen molar-refractivity contribution >= 4 is 34.9 Å². The second-order valence-corrected chi connectivity index (χ2v) is 5.11. The van der Waals surface area contributed by atoms with Gasteiger partial charge in [0.05, 0.1) is 21.3 Å². The number of carbonyl (C=O) groups excluding carboxylic acids is 1.